The maximum absolute atomic E-state index is 6.09. The zero-order valence-electron chi connectivity index (χ0n) is 8.54. The van der Waals surface area contributed by atoms with Crippen LogP contribution in [0.3, 0.4) is 0 Å². The quantitative estimate of drug-likeness (QED) is 0.887. The van der Waals surface area contributed by atoms with Gasteiger partial charge in [0, 0.05) is 10.0 Å². The van der Waals surface area contributed by atoms with Crippen LogP contribution in [0.5, 0.6) is 0 Å². The number of aromatic nitrogens is 3. The first kappa shape index (κ1) is 11.2. The van der Waals surface area contributed by atoms with Gasteiger partial charge >= 0.3 is 0 Å². The molecule has 0 aliphatic rings. The summed E-state index contributed by atoms with van der Waals surface area (Å²) in [7, 11) is 0. The Morgan fingerprint density at radius 1 is 1.38 bits per heavy atom. The zero-order chi connectivity index (χ0) is 11.5. The van der Waals surface area contributed by atoms with Crippen molar-refractivity contribution in [1.82, 2.24) is 15.2 Å². The molecule has 1 heterocycles. The number of aromatic amines is 1. The summed E-state index contributed by atoms with van der Waals surface area (Å²) in [4.78, 5) is 3.98. The molecule has 0 aliphatic heterocycles. The number of anilines is 1. The molecular formula is C10H10Cl2N4. The highest BCUT2D eigenvalue weighted by Crippen LogP contribution is 2.27. The average molecular weight is 257 g/mol. The van der Waals surface area contributed by atoms with Crippen LogP contribution in [0.4, 0.5) is 5.95 Å². The van der Waals surface area contributed by atoms with Gasteiger partial charge in [-0.3, -0.25) is 0 Å². The molecule has 4 nitrogen and oxygen atoms in total. The lowest BCUT2D eigenvalue weighted by Crippen LogP contribution is -2.08. The van der Waals surface area contributed by atoms with Gasteiger partial charge in [0.1, 0.15) is 6.33 Å². The fourth-order valence-electron chi connectivity index (χ4n) is 1.41. The van der Waals surface area contributed by atoms with E-state index in [2.05, 4.69) is 20.5 Å². The summed E-state index contributed by atoms with van der Waals surface area (Å²) >= 11 is 11.9. The summed E-state index contributed by atoms with van der Waals surface area (Å²) in [6.07, 6.45) is 1.44. The minimum atomic E-state index is 0.0257. The van der Waals surface area contributed by atoms with Crippen molar-refractivity contribution in [3.63, 3.8) is 0 Å². The van der Waals surface area contributed by atoms with Gasteiger partial charge in [-0.2, -0.15) is 5.10 Å². The molecular weight excluding hydrogens is 247 g/mol. The van der Waals surface area contributed by atoms with Gasteiger partial charge in [-0.1, -0.05) is 29.3 Å². The standard InChI is InChI=1S/C10H10Cl2N4/c1-6(15-10-13-5-14-16-10)8-3-2-7(11)4-9(8)12/h2-6H,1H3,(H2,13,14,15,16)/t6-/m1/s1. The van der Waals surface area contributed by atoms with Crippen LogP contribution in [0.15, 0.2) is 24.5 Å². The maximum Gasteiger partial charge on any atom is 0.218 e. The third kappa shape index (κ3) is 2.46. The lowest BCUT2D eigenvalue weighted by atomic mass is 10.1. The predicted molar refractivity (Wildman–Crippen MR) is 64.9 cm³/mol. The fraction of sp³-hybridized carbons (Fsp3) is 0.200. The number of hydrogen-bond donors (Lipinski definition) is 2. The van der Waals surface area contributed by atoms with Gasteiger partial charge in [0.25, 0.3) is 0 Å². The molecule has 0 amide bonds. The molecule has 0 saturated heterocycles. The van der Waals surface area contributed by atoms with Crippen molar-refractivity contribution in [1.29, 1.82) is 0 Å². The van der Waals surface area contributed by atoms with Gasteiger partial charge in [0.15, 0.2) is 0 Å². The van der Waals surface area contributed by atoms with E-state index in [0.29, 0.717) is 16.0 Å². The van der Waals surface area contributed by atoms with Crippen molar-refractivity contribution < 1.29 is 0 Å². The Morgan fingerprint density at radius 3 is 2.81 bits per heavy atom. The highest BCUT2D eigenvalue weighted by atomic mass is 35.5. The van der Waals surface area contributed by atoms with Crippen LogP contribution in [0.2, 0.25) is 10.0 Å². The van der Waals surface area contributed by atoms with Crippen molar-refractivity contribution in [3.8, 4) is 0 Å². The third-order valence-electron chi connectivity index (χ3n) is 2.20. The summed E-state index contributed by atoms with van der Waals surface area (Å²) in [5.41, 5.74) is 0.961. The van der Waals surface area contributed by atoms with Gasteiger partial charge in [-0.05, 0) is 24.6 Å². The molecule has 0 radical (unpaired) electrons. The number of halogens is 2. The van der Waals surface area contributed by atoms with Crippen LogP contribution in [0, 0.1) is 0 Å². The molecule has 1 atom stereocenters. The molecule has 2 rings (SSSR count). The number of benzene rings is 1. The highest BCUT2D eigenvalue weighted by Gasteiger charge is 2.10. The number of hydrogen-bond acceptors (Lipinski definition) is 3. The van der Waals surface area contributed by atoms with Crippen LogP contribution in [0.1, 0.15) is 18.5 Å². The molecule has 6 heteroatoms. The summed E-state index contributed by atoms with van der Waals surface area (Å²) in [6, 6.07) is 5.44. The van der Waals surface area contributed by atoms with Crippen LogP contribution in [-0.2, 0) is 0 Å². The Bertz CT molecular complexity index is 470. The predicted octanol–water partition coefficient (Wildman–Crippen LogP) is 3.28. The van der Waals surface area contributed by atoms with E-state index in [9.17, 15) is 0 Å². The van der Waals surface area contributed by atoms with Crippen LogP contribution >= 0.6 is 23.2 Å². The molecule has 16 heavy (non-hydrogen) atoms. The van der Waals surface area contributed by atoms with E-state index in [0.717, 1.165) is 5.56 Å². The zero-order valence-corrected chi connectivity index (χ0v) is 10.0. The van der Waals surface area contributed by atoms with Crippen LogP contribution in [-0.4, -0.2) is 15.2 Å². The Labute approximate surface area is 103 Å². The second kappa shape index (κ2) is 4.72. The summed E-state index contributed by atoms with van der Waals surface area (Å²) in [5.74, 6) is 0.610. The summed E-state index contributed by atoms with van der Waals surface area (Å²) < 4.78 is 0. The Balaban J connectivity index is 2.17. The first-order valence-electron chi connectivity index (χ1n) is 4.73. The Hall–Kier alpha value is -1.26. The minimum Gasteiger partial charge on any atom is -0.348 e. The molecule has 0 saturated carbocycles. The molecule has 1 aromatic carbocycles. The molecule has 84 valence electrons. The van der Waals surface area contributed by atoms with Crippen LogP contribution in [0.25, 0.3) is 0 Å². The molecule has 1 aromatic heterocycles. The van der Waals surface area contributed by atoms with Gasteiger partial charge < -0.3 is 5.32 Å². The van der Waals surface area contributed by atoms with Crippen molar-refractivity contribution in [3.05, 3.63) is 40.1 Å². The van der Waals surface area contributed by atoms with Gasteiger partial charge in [-0.15, -0.1) is 0 Å². The lowest BCUT2D eigenvalue weighted by molar-refractivity contribution is 0.863. The Kier molecular flexibility index (Phi) is 3.31. The van der Waals surface area contributed by atoms with Crippen LogP contribution < -0.4 is 5.32 Å². The maximum atomic E-state index is 6.09. The molecule has 0 bridgehead atoms. The van der Waals surface area contributed by atoms with Crippen molar-refractivity contribution in [2.45, 2.75) is 13.0 Å². The molecule has 2 aromatic rings. The van der Waals surface area contributed by atoms with Gasteiger partial charge in [-0.25, -0.2) is 10.1 Å². The molecule has 0 unspecified atom stereocenters. The van der Waals surface area contributed by atoms with E-state index in [1.807, 2.05) is 13.0 Å². The Morgan fingerprint density at radius 2 is 2.19 bits per heavy atom. The monoisotopic (exact) mass is 256 g/mol. The largest absolute Gasteiger partial charge is 0.348 e. The lowest BCUT2D eigenvalue weighted by Gasteiger charge is -2.14. The van der Waals surface area contributed by atoms with E-state index in [1.165, 1.54) is 6.33 Å². The minimum absolute atomic E-state index is 0.0257. The smallest absolute Gasteiger partial charge is 0.218 e. The second-order valence-corrected chi connectivity index (χ2v) is 4.21. The number of rotatable bonds is 3. The average Bonchev–Trinajstić information content (AvgIpc) is 2.70. The van der Waals surface area contributed by atoms with E-state index >= 15 is 0 Å². The first-order valence-corrected chi connectivity index (χ1v) is 5.49. The SMILES string of the molecule is C[C@@H](Nc1ncn[nH]1)c1ccc(Cl)cc1Cl. The van der Waals surface area contributed by atoms with Gasteiger partial charge in [0.2, 0.25) is 5.95 Å². The number of nitrogens with zero attached hydrogens (tertiary/aromatic N) is 2. The highest BCUT2D eigenvalue weighted by molar-refractivity contribution is 6.35. The third-order valence-corrected chi connectivity index (χ3v) is 2.76. The van der Waals surface area contributed by atoms with E-state index < -0.39 is 0 Å². The second-order valence-electron chi connectivity index (χ2n) is 3.37. The molecule has 0 aliphatic carbocycles. The number of nitrogens with one attached hydrogen (secondary N) is 2. The first-order chi connectivity index (χ1) is 7.66. The van der Waals surface area contributed by atoms with Crippen molar-refractivity contribution in [2.24, 2.45) is 0 Å². The van der Waals surface area contributed by atoms with Crippen molar-refractivity contribution in [2.75, 3.05) is 5.32 Å². The summed E-state index contributed by atoms with van der Waals surface area (Å²) in [6.45, 7) is 1.98. The van der Waals surface area contributed by atoms with Gasteiger partial charge in [0.05, 0.1) is 6.04 Å². The van der Waals surface area contributed by atoms with E-state index in [-0.39, 0.29) is 6.04 Å². The van der Waals surface area contributed by atoms with E-state index in [1.54, 1.807) is 12.1 Å². The fourth-order valence-corrected chi connectivity index (χ4v) is 1.98. The van der Waals surface area contributed by atoms with E-state index in [4.69, 9.17) is 23.2 Å². The normalized spacial score (nSPS) is 12.4. The topological polar surface area (TPSA) is 53.6 Å². The summed E-state index contributed by atoms with van der Waals surface area (Å²) in [5, 5.41) is 10.9. The number of H-pyrrole nitrogens is 1. The van der Waals surface area contributed by atoms with Crippen molar-refractivity contribution >= 4 is 29.2 Å². The molecule has 0 spiro atoms. The molecule has 0 fully saturated rings. The molecule has 2 N–H and O–H groups in total.